The third kappa shape index (κ3) is 19.2. The van der Waals surface area contributed by atoms with Crippen molar-refractivity contribution in [2.24, 2.45) is 0 Å². The molecule has 0 aliphatic carbocycles. The first-order valence-corrected chi connectivity index (χ1v) is 18.9. The smallest absolute Gasteiger partial charge is 0.462 e. The van der Waals surface area contributed by atoms with E-state index in [4.69, 9.17) is 18.3 Å². The third-order valence-electron chi connectivity index (χ3n) is 7.68. The van der Waals surface area contributed by atoms with Gasteiger partial charge >= 0.3 is 13.8 Å². The topological polar surface area (TPSA) is 100 Å². The van der Waals surface area contributed by atoms with Crippen LogP contribution < -0.4 is 5.32 Å². The summed E-state index contributed by atoms with van der Waals surface area (Å²) in [5.41, 5.74) is 1.66. The van der Waals surface area contributed by atoms with Gasteiger partial charge in [-0.15, -0.1) is 0 Å². The number of phosphoric ester groups is 1. The number of ether oxygens (including phenoxy) is 1. The van der Waals surface area contributed by atoms with Crippen molar-refractivity contribution in [2.45, 2.75) is 142 Å². The number of hydrogen-bond donors (Lipinski definition) is 1. The first kappa shape index (κ1) is 39.7. The molecule has 8 nitrogen and oxygen atoms in total. The van der Waals surface area contributed by atoms with Gasteiger partial charge in [0.05, 0.1) is 26.2 Å². The number of unbranched alkanes of at least 4 members (excludes halogenated alkanes) is 10. The van der Waals surface area contributed by atoms with Crippen molar-refractivity contribution in [3.8, 4) is 0 Å². The third-order valence-corrected chi connectivity index (χ3v) is 9.04. The highest BCUT2D eigenvalue weighted by molar-refractivity contribution is 7.48. The molecule has 0 aromatic heterocycles. The fraction of sp³-hybridized carbons (Fsp3) is 0.622. The van der Waals surface area contributed by atoms with E-state index in [1.54, 1.807) is 6.92 Å². The van der Waals surface area contributed by atoms with Gasteiger partial charge in [-0.3, -0.25) is 23.2 Å². The van der Waals surface area contributed by atoms with Crippen molar-refractivity contribution in [3.63, 3.8) is 0 Å². The lowest BCUT2D eigenvalue weighted by molar-refractivity contribution is -0.151. The van der Waals surface area contributed by atoms with Gasteiger partial charge in [0.2, 0.25) is 5.91 Å². The van der Waals surface area contributed by atoms with Crippen LogP contribution in [0.3, 0.4) is 0 Å². The monoisotopic (exact) mass is 659 g/mol. The van der Waals surface area contributed by atoms with Crippen LogP contribution in [0.5, 0.6) is 0 Å². The molecule has 258 valence electrons. The molecular weight excluding hydrogens is 601 g/mol. The van der Waals surface area contributed by atoms with E-state index in [1.165, 1.54) is 38.5 Å². The molecule has 0 radical (unpaired) electrons. The molecule has 0 bridgehead atoms. The molecule has 9 heteroatoms. The van der Waals surface area contributed by atoms with Gasteiger partial charge in [-0.2, -0.15) is 0 Å². The molecule has 2 aromatic rings. The number of carbonyl (C=O) groups is 2. The second kappa shape index (κ2) is 24.6. The molecular formula is C37H58NO7P. The molecule has 0 saturated carbocycles. The van der Waals surface area contributed by atoms with E-state index >= 15 is 0 Å². The molecule has 0 saturated heterocycles. The van der Waals surface area contributed by atoms with Crippen LogP contribution in [0.15, 0.2) is 60.7 Å². The van der Waals surface area contributed by atoms with Gasteiger partial charge in [0.15, 0.2) is 0 Å². The number of amides is 1. The van der Waals surface area contributed by atoms with Gasteiger partial charge in [0, 0.05) is 12.5 Å². The largest absolute Gasteiger partial charge is 0.475 e. The van der Waals surface area contributed by atoms with Crippen LogP contribution in [-0.4, -0.2) is 30.6 Å². The maximum atomic E-state index is 13.6. The normalized spacial score (nSPS) is 12.8. The van der Waals surface area contributed by atoms with Crippen molar-refractivity contribution >= 4 is 19.7 Å². The number of hydrogen-bond acceptors (Lipinski definition) is 7. The summed E-state index contributed by atoms with van der Waals surface area (Å²) in [6, 6.07) is 18.3. The molecule has 2 rings (SSSR count). The van der Waals surface area contributed by atoms with E-state index in [1.807, 2.05) is 60.7 Å². The number of nitrogens with one attached hydrogen (secondary N) is 1. The second-order valence-electron chi connectivity index (χ2n) is 12.1. The van der Waals surface area contributed by atoms with E-state index in [0.717, 1.165) is 49.7 Å². The van der Waals surface area contributed by atoms with Crippen LogP contribution in [0, 0.1) is 0 Å². The van der Waals surface area contributed by atoms with Crippen molar-refractivity contribution in [1.82, 2.24) is 5.32 Å². The van der Waals surface area contributed by atoms with E-state index in [9.17, 15) is 14.2 Å². The zero-order valence-electron chi connectivity index (χ0n) is 28.5. The minimum atomic E-state index is -3.96. The Morgan fingerprint density at radius 1 is 0.696 bits per heavy atom. The number of phosphoric acid groups is 1. The lowest BCUT2D eigenvalue weighted by Gasteiger charge is -2.22. The van der Waals surface area contributed by atoms with E-state index < -0.39 is 20.0 Å². The minimum Gasteiger partial charge on any atom is -0.462 e. The molecule has 0 aliphatic rings. The first-order chi connectivity index (χ1) is 22.3. The molecule has 2 aromatic carbocycles. The van der Waals surface area contributed by atoms with Crippen LogP contribution in [0.2, 0.25) is 0 Å². The quantitative estimate of drug-likeness (QED) is 0.0579. The summed E-state index contributed by atoms with van der Waals surface area (Å²) >= 11 is 0. The van der Waals surface area contributed by atoms with Crippen LogP contribution >= 0.6 is 7.82 Å². The molecule has 2 atom stereocenters. The zero-order chi connectivity index (χ0) is 33.3. The summed E-state index contributed by atoms with van der Waals surface area (Å²) in [7, 11) is -3.96. The molecule has 1 N–H and O–H groups in total. The number of carbonyl (C=O) groups excluding carboxylic acids is 2. The fourth-order valence-electron chi connectivity index (χ4n) is 5.00. The standard InChI is InChI=1S/C37H58NO7P/c1-4-6-8-9-10-11-12-13-21-26-35(45-37(40)27-16-7-5-2)28-36(39)38-32(3)29-42-46(41,43-30-33-22-17-14-18-23-33)44-31-34-24-19-15-20-25-34/h14-15,17-20,22-25,32,35H,4-13,16,21,26-31H2,1-3H3,(H,38,39)/t32-,35-/m1/s1. The molecule has 0 heterocycles. The van der Waals surface area contributed by atoms with Crippen LogP contribution in [0.25, 0.3) is 0 Å². The van der Waals surface area contributed by atoms with E-state index in [2.05, 4.69) is 19.2 Å². The molecule has 0 fully saturated rings. The highest BCUT2D eigenvalue weighted by atomic mass is 31.2. The molecule has 0 spiro atoms. The number of esters is 1. The summed E-state index contributed by atoms with van der Waals surface area (Å²) in [6.45, 7) is 6.12. The van der Waals surface area contributed by atoms with Gasteiger partial charge in [0.1, 0.15) is 6.10 Å². The second-order valence-corrected chi connectivity index (χ2v) is 13.8. The number of rotatable bonds is 27. The van der Waals surface area contributed by atoms with E-state index in [-0.39, 0.29) is 38.1 Å². The highest BCUT2D eigenvalue weighted by Crippen LogP contribution is 2.51. The Balaban J connectivity index is 1.87. The van der Waals surface area contributed by atoms with Crippen molar-refractivity contribution in [2.75, 3.05) is 6.61 Å². The van der Waals surface area contributed by atoms with Gasteiger partial charge in [-0.1, -0.05) is 139 Å². The van der Waals surface area contributed by atoms with Crippen molar-refractivity contribution in [3.05, 3.63) is 71.8 Å². The molecule has 1 amide bonds. The molecule has 0 aliphatic heterocycles. The maximum Gasteiger partial charge on any atom is 0.475 e. The number of benzene rings is 2. The highest BCUT2D eigenvalue weighted by Gasteiger charge is 2.29. The maximum absolute atomic E-state index is 13.6. The lowest BCUT2D eigenvalue weighted by Crippen LogP contribution is -2.38. The lowest BCUT2D eigenvalue weighted by atomic mass is 10.0. The van der Waals surface area contributed by atoms with Gasteiger partial charge in [-0.25, -0.2) is 4.57 Å². The van der Waals surface area contributed by atoms with Crippen LogP contribution in [0.4, 0.5) is 0 Å². The van der Waals surface area contributed by atoms with E-state index in [0.29, 0.717) is 12.8 Å². The average molecular weight is 660 g/mol. The SMILES string of the molecule is CCCCCCCCCCC[C@H](CC(=O)N[C@H](C)COP(=O)(OCc1ccccc1)OCc1ccccc1)OC(=O)CCCCC. The zero-order valence-corrected chi connectivity index (χ0v) is 29.4. The Kier molecular flexibility index (Phi) is 21.2. The molecule has 0 unspecified atom stereocenters. The fourth-order valence-corrected chi connectivity index (χ4v) is 6.25. The summed E-state index contributed by atoms with van der Waals surface area (Å²) in [6.07, 6.45) is 14.2. The first-order valence-electron chi connectivity index (χ1n) is 17.4. The summed E-state index contributed by atoms with van der Waals surface area (Å²) in [5, 5.41) is 2.90. The predicted molar refractivity (Wildman–Crippen MR) is 184 cm³/mol. The summed E-state index contributed by atoms with van der Waals surface area (Å²) in [5.74, 6) is -0.491. The summed E-state index contributed by atoms with van der Waals surface area (Å²) < 4.78 is 36.4. The Morgan fingerprint density at radius 3 is 1.74 bits per heavy atom. The molecule has 46 heavy (non-hydrogen) atoms. The van der Waals surface area contributed by atoms with Gasteiger partial charge in [-0.05, 0) is 37.3 Å². The van der Waals surface area contributed by atoms with Crippen molar-refractivity contribution < 1.29 is 32.5 Å². The predicted octanol–water partition coefficient (Wildman–Crippen LogP) is 9.85. The Labute approximate surface area is 277 Å². The average Bonchev–Trinajstić information content (AvgIpc) is 3.06. The summed E-state index contributed by atoms with van der Waals surface area (Å²) in [4.78, 5) is 25.5. The van der Waals surface area contributed by atoms with Crippen LogP contribution in [0.1, 0.15) is 128 Å². The Hall–Kier alpha value is -2.51. The van der Waals surface area contributed by atoms with Crippen molar-refractivity contribution in [1.29, 1.82) is 0 Å². The van der Waals surface area contributed by atoms with Gasteiger partial charge < -0.3 is 10.1 Å². The van der Waals surface area contributed by atoms with Gasteiger partial charge in [0.25, 0.3) is 0 Å². The van der Waals surface area contributed by atoms with Crippen LogP contribution in [-0.2, 0) is 45.7 Å². The minimum absolute atomic E-state index is 0.0534. The Morgan fingerprint density at radius 2 is 1.20 bits per heavy atom. The Bertz CT molecular complexity index is 1070.